The summed E-state index contributed by atoms with van der Waals surface area (Å²) in [5.41, 5.74) is 2.79. The molecule has 1 fully saturated rings. The minimum Gasteiger partial charge on any atom is -0.463 e. The summed E-state index contributed by atoms with van der Waals surface area (Å²) in [6.45, 7) is 1.28. The van der Waals surface area contributed by atoms with Crippen molar-refractivity contribution >= 4 is 11.6 Å². The number of hydrogen-bond acceptors (Lipinski definition) is 5. The number of nitrogens with zero attached hydrogens (tertiary/aromatic N) is 6. The third kappa shape index (κ3) is 3.49. The quantitative estimate of drug-likeness (QED) is 0.420. The van der Waals surface area contributed by atoms with Crippen LogP contribution in [0.1, 0.15) is 35.1 Å². The molecule has 0 aliphatic carbocycles. The van der Waals surface area contributed by atoms with E-state index in [1.807, 2.05) is 82.2 Å². The Bertz CT molecular complexity index is 1400. The Balaban J connectivity index is 1.34. The van der Waals surface area contributed by atoms with Crippen molar-refractivity contribution < 1.29 is 9.21 Å². The van der Waals surface area contributed by atoms with Crippen LogP contribution in [0.15, 0.2) is 83.6 Å². The van der Waals surface area contributed by atoms with E-state index in [1.54, 1.807) is 10.9 Å². The van der Waals surface area contributed by atoms with E-state index in [2.05, 4.69) is 10.2 Å². The average molecular weight is 438 g/mol. The third-order valence-corrected chi connectivity index (χ3v) is 6.12. The summed E-state index contributed by atoms with van der Waals surface area (Å²) >= 11 is 0. The molecule has 0 spiro atoms. The van der Waals surface area contributed by atoms with E-state index in [4.69, 9.17) is 9.52 Å². The third-order valence-electron chi connectivity index (χ3n) is 6.12. The van der Waals surface area contributed by atoms with E-state index in [1.165, 1.54) is 0 Å². The van der Waals surface area contributed by atoms with Gasteiger partial charge in [-0.1, -0.05) is 24.3 Å². The summed E-state index contributed by atoms with van der Waals surface area (Å²) in [7, 11) is 0. The van der Waals surface area contributed by atoms with Gasteiger partial charge in [-0.25, -0.2) is 4.68 Å². The Labute approximate surface area is 190 Å². The first-order valence-electron chi connectivity index (χ1n) is 11.1. The van der Waals surface area contributed by atoms with E-state index in [0.29, 0.717) is 30.2 Å². The highest BCUT2D eigenvalue weighted by Crippen LogP contribution is 2.29. The van der Waals surface area contributed by atoms with Crippen LogP contribution < -0.4 is 0 Å². The maximum absolute atomic E-state index is 13.7. The molecule has 0 bridgehead atoms. The second-order valence-electron chi connectivity index (χ2n) is 8.22. The summed E-state index contributed by atoms with van der Waals surface area (Å²) in [5, 5.41) is 13.4. The lowest BCUT2D eigenvalue weighted by Gasteiger charge is -2.32. The zero-order valence-corrected chi connectivity index (χ0v) is 17.9. The Morgan fingerprint density at radius 2 is 1.88 bits per heavy atom. The van der Waals surface area contributed by atoms with Gasteiger partial charge in [0.2, 0.25) is 0 Å². The minimum absolute atomic E-state index is 0.0531. The van der Waals surface area contributed by atoms with Crippen LogP contribution in [0.3, 0.4) is 0 Å². The predicted molar refractivity (Wildman–Crippen MR) is 122 cm³/mol. The van der Waals surface area contributed by atoms with Crippen molar-refractivity contribution in [2.75, 3.05) is 13.1 Å². The van der Waals surface area contributed by atoms with Crippen LogP contribution in [0.2, 0.25) is 0 Å². The van der Waals surface area contributed by atoms with Crippen LogP contribution in [0.5, 0.6) is 0 Å². The molecule has 1 saturated heterocycles. The van der Waals surface area contributed by atoms with Crippen LogP contribution in [-0.2, 0) is 0 Å². The van der Waals surface area contributed by atoms with Crippen molar-refractivity contribution in [1.82, 2.24) is 29.3 Å². The number of aromatic nitrogens is 5. The van der Waals surface area contributed by atoms with Gasteiger partial charge in [-0.15, -0.1) is 10.2 Å². The molecule has 0 unspecified atom stereocenters. The van der Waals surface area contributed by atoms with Gasteiger partial charge in [0.05, 0.1) is 12.0 Å². The predicted octanol–water partition coefficient (Wildman–Crippen LogP) is 4.19. The molecule has 1 aliphatic rings. The van der Waals surface area contributed by atoms with Crippen molar-refractivity contribution in [3.63, 3.8) is 0 Å². The molecule has 5 heterocycles. The Morgan fingerprint density at radius 1 is 1.00 bits per heavy atom. The lowest BCUT2D eigenvalue weighted by atomic mass is 9.97. The van der Waals surface area contributed by atoms with Gasteiger partial charge in [0, 0.05) is 31.3 Å². The molecule has 5 aromatic rings. The van der Waals surface area contributed by atoms with Gasteiger partial charge in [0.15, 0.2) is 11.4 Å². The fourth-order valence-electron chi connectivity index (χ4n) is 4.52. The summed E-state index contributed by atoms with van der Waals surface area (Å²) in [6, 6.07) is 21.0. The average Bonchev–Trinajstić information content (AvgIpc) is 3.63. The molecule has 6 rings (SSSR count). The number of fused-ring (bicyclic) bond motifs is 1. The summed E-state index contributed by atoms with van der Waals surface area (Å²) < 4.78 is 9.26. The summed E-state index contributed by atoms with van der Waals surface area (Å²) in [6.07, 6.45) is 5.46. The van der Waals surface area contributed by atoms with Gasteiger partial charge >= 0.3 is 0 Å². The monoisotopic (exact) mass is 438 g/mol. The molecule has 0 N–H and O–H groups in total. The van der Waals surface area contributed by atoms with Crippen molar-refractivity contribution in [3.8, 4) is 17.1 Å². The Kier molecular flexibility index (Phi) is 4.75. The molecule has 164 valence electrons. The molecule has 0 radical (unpaired) electrons. The maximum Gasteiger partial charge on any atom is 0.272 e. The number of hydrogen-bond donors (Lipinski definition) is 0. The molecule has 33 heavy (non-hydrogen) atoms. The van der Waals surface area contributed by atoms with Gasteiger partial charge in [-0.2, -0.15) is 5.10 Å². The smallest absolute Gasteiger partial charge is 0.272 e. The van der Waals surface area contributed by atoms with Crippen LogP contribution in [-0.4, -0.2) is 48.3 Å². The lowest BCUT2D eigenvalue weighted by Crippen LogP contribution is -2.40. The second kappa shape index (κ2) is 8.05. The van der Waals surface area contributed by atoms with Crippen molar-refractivity contribution in [1.29, 1.82) is 0 Å². The highest BCUT2D eigenvalue weighted by atomic mass is 16.3. The van der Waals surface area contributed by atoms with Gasteiger partial charge < -0.3 is 9.32 Å². The molecule has 4 aromatic heterocycles. The van der Waals surface area contributed by atoms with Crippen molar-refractivity contribution in [2.45, 2.75) is 18.8 Å². The number of rotatable bonds is 4. The van der Waals surface area contributed by atoms with E-state index in [-0.39, 0.29) is 11.8 Å². The lowest BCUT2D eigenvalue weighted by molar-refractivity contribution is 0.0695. The molecule has 1 aliphatic heterocycles. The first-order valence-corrected chi connectivity index (χ1v) is 11.1. The fraction of sp³-hybridized carbons (Fsp3) is 0.200. The number of benzene rings is 1. The largest absolute Gasteiger partial charge is 0.463 e. The number of amides is 1. The molecular weight excluding hydrogens is 416 g/mol. The first kappa shape index (κ1) is 19.5. The van der Waals surface area contributed by atoms with Gasteiger partial charge in [0.1, 0.15) is 17.2 Å². The van der Waals surface area contributed by atoms with Gasteiger partial charge in [-0.3, -0.25) is 9.20 Å². The van der Waals surface area contributed by atoms with Crippen molar-refractivity contribution in [2.24, 2.45) is 0 Å². The highest BCUT2D eigenvalue weighted by molar-refractivity contribution is 5.94. The van der Waals surface area contributed by atoms with Crippen LogP contribution in [0.4, 0.5) is 0 Å². The van der Waals surface area contributed by atoms with Crippen molar-refractivity contribution in [3.05, 3.63) is 90.7 Å². The van der Waals surface area contributed by atoms with Gasteiger partial charge in [0.25, 0.3) is 5.91 Å². The maximum atomic E-state index is 13.7. The zero-order valence-electron chi connectivity index (χ0n) is 17.9. The first-order chi connectivity index (χ1) is 16.3. The minimum atomic E-state index is -0.0531. The summed E-state index contributed by atoms with van der Waals surface area (Å²) in [5.74, 6) is 1.60. The zero-order chi connectivity index (χ0) is 22.2. The number of pyridine rings is 1. The number of piperidine rings is 1. The number of carbonyl (C=O) groups excluding carboxylic acids is 1. The van der Waals surface area contributed by atoms with E-state index >= 15 is 0 Å². The molecule has 8 heteroatoms. The normalized spacial score (nSPS) is 16.4. The van der Waals surface area contributed by atoms with Crippen LogP contribution >= 0.6 is 0 Å². The molecule has 1 atom stereocenters. The number of likely N-dealkylation sites (tertiary alicyclic amines) is 1. The number of para-hydroxylation sites is 1. The Morgan fingerprint density at radius 3 is 2.73 bits per heavy atom. The number of carbonyl (C=O) groups is 1. The van der Waals surface area contributed by atoms with E-state index in [0.717, 1.165) is 30.0 Å². The van der Waals surface area contributed by atoms with E-state index < -0.39 is 0 Å². The molecule has 1 aromatic carbocycles. The van der Waals surface area contributed by atoms with E-state index in [9.17, 15) is 4.79 Å². The molecule has 8 nitrogen and oxygen atoms in total. The second-order valence-corrected chi connectivity index (χ2v) is 8.22. The number of furan rings is 1. The topological polar surface area (TPSA) is 81.5 Å². The van der Waals surface area contributed by atoms with Crippen LogP contribution in [0.25, 0.3) is 22.8 Å². The van der Waals surface area contributed by atoms with Gasteiger partial charge in [-0.05, 0) is 49.2 Å². The fourth-order valence-corrected chi connectivity index (χ4v) is 4.52. The van der Waals surface area contributed by atoms with Crippen LogP contribution in [0, 0.1) is 0 Å². The molecule has 1 amide bonds. The molecule has 0 saturated carbocycles. The highest BCUT2D eigenvalue weighted by Gasteiger charge is 2.30. The standard InChI is InChI=1S/C25H22N6O2/c32-25(29-13-6-8-18(17-29)24-27-26-23-12-4-5-14-30(23)24)21-16-20(22-11-7-15-33-22)28-31(21)19-9-2-1-3-10-19/h1-5,7,9-12,14-16,18H,6,8,13,17H2/t18-/m1/s1. The Hall–Kier alpha value is -4.20. The summed E-state index contributed by atoms with van der Waals surface area (Å²) in [4.78, 5) is 15.7. The SMILES string of the molecule is O=C(c1cc(-c2ccco2)nn1-c1ccccc1)N1CCC[C@@H](c2nnc3ccccn23)C1. The molecular formula is C25H22N6O2.